The molecule has 0 aliphatic rings. The molecule has 0 aliphatic carbocycles. The molecule has 0 aliphatic heterocycles. The van der Waals surface area contributed by atoms with Crippen LogP contribution in [-0.4, -0.2) is 33.3 Å². The van der Waals surface area contributed by atoms with Crippen molar-refractivity contribution in [3.05, 3.63) is 64.7 Å². The largest absolute Gasteiger partial charge is 0.451 e. The van der Waals surface area contributed by atoms with Crippen molar-refractivity contribution in [1.29, 1.82) is 0 Å². The van der Waals surface area contributed by atoms with Gasteiger partial charge in [-0.2, -0.15) is 0 Å². The molecule has 0 radical (unpaired) electrons. The van der Waals surface area contributed by atoms with Gasteiger partial charge in [-0.15, -0.1) is 0 Å². The quantitative estimate of drug-likeness (QED) is 0.613. The molecule has 25 heavy (non-hydrogen) atoms. The number of ether oxygens (including phenoxy) is 1. The van der Waals surface area contributed by atoms with Gasteiger partial charge in [-0.3, -0.25) is 4.79 Å². The normalized spacial score (nSPS) is 12.4. The maximum absolute atomic E-state index is 12.3. The van der Waals surface area contributed by atoms with E-state index < -0.39 is 22.1 Å². The number of Topliss-reactive ketones (excluding diaryl/α,β-unsaturated/α-hetero) is 1. The molecule has 0 aromatic heterocycles. The molecular weight excluding hydrogens is 366 g/mol. The van der Waals surface area contributed by atoms with Gasteiger partial charge in [-0.25, -0.2) is 17.9 Å². The van der Waals surface area contributed by atoms with E-state index in [-0.39, 0.29) is 16.2 Å². The number of carbonyl (C=O) groups excluding carboxylic acids is 2. The second-order valence-corrected chi connectivity index (χ2v) is 7.48. The molecule has 0 saturated carbocycles. The minimum absolute atomic E-state index is 0.0343. The van der Waals surface area contributed by atoms with Gasteiger partial charge in [0.15, 0.2) is 6.10 Å². The van der Waals surface area contributed by atoms with Crippen molar-refractivity contribution in [2.45, 2.75) is 17.9 Å². The number of hydrogen-bond donors (Lipinski definition) is 1. The summed E-state index contributed by atoms with van der Waals surface area (Å²) in [5.74, 6) is -1.17. The van der Waals surface area contributed by atoms with Crippen LogP contribution in [0.2, 0.25) is 5.02 Å². The third-order valence-electron chi connectivity index (χ3n) is 3.43. The van der Waals surface area contributed by atoms with Crippen molar-refractivity contribution < 1.29 is 22.7 Å². The van der Waals surface area contributed by atoms with Crippen LogP contribution in [0, 0.1) is 0 Å². The number of rotatable bonds is 6. The van der Waals surface area contributed by atoms with Crippen LogP contribution in [0.15, 0.2) is 53.4 Å². The zero-order valence-corrected chi connectivity index (χ0v) is 15.1. The Morgan fingerprint density at radius 3 is 2.32 bits per heavy atom. The zero-order valence-electron chi connectivity index (χ0n) is 13.5. The molecule has 0 bridgehead atoms. The zero-order chi connectivity index (χ0) is 18.6. The maximum atomic E-state index is 12.3. The van der Waals surface area contributed by atoms with E-state index in [9.17, 15) is 18.0 Å². The number of nitrogens with one attached hydrogen (secondary N) is 1. The van der Waals surface area contributed by atoms with Gasteiger partial charge in [-0.1, -0.05) is 17.7 Å². The van der Waals surface area contributed by atoms with Gasteiger partial charge in [0.05, 0.1) is 10.5 Å². The first kappa shape index (κ1) is 19.1. The van der Waals surface area contributed by atoms with E-state index in [1.165, 1.54) is 50.4 Å². The number of ketones is 1. The minimum Gasteiger partial charge on any atom is -0.451 e. The molecule has 8 heteroatoms. The van der Waals surface area contributed by atoms with Crippen LogP contribution in [0.1, 0.15) is 27.6 Å². The number of halogens is 1. The van der Waals surface area contributed by atoms with E-state index in [0.29, 0.717) is 10.6 Å². The third-order valence-corrected chi connectivity index (χ3v) is 5.09. The molecule has 0 unspecified atom stereocenters. The smallest absolute Gasteiger partial charge is 0.338 e. The summed E-state index contributed by atoms with van der Waals surface area (Å²) >= 11 is 5.77. The lowest BCUT2D eigenvalue weighted by Gasteiger charge is -2.13. The predicted octanol–water partition coefficient (Wildman–Crippen LogP) is 2.68. The Balaban J connectivity index is 2.15. The first-order valence-corrected chi connectivity index (χ1v) is 9.15. The summed E-state index contributed by atoms with van der Waals surface area (Å²) < 4.78 is 30.9. The number of carbonyl (C=O) groups is 2. The lowest BCUT2D eigenvalue weighted by Crippen LogP contribution is -2.25. The molecule has 2 aromatic rings. The highest BCUT2D eigenvalue weighted by Gasteiger charge is 2.21. The van der Waals surface area contributed by atoms with Crippen molar-refractivity contribution in [3.63, 3.8) is 0 Å². The molecule has 6 nitrogen and oxygen atoms in total. The lowest BCUT2D eigenvalue weighted by atomic mass is 10.1. The molecule has 1 N–H and O–H groups in total. The van der Waals surface area contributed by atoms with Crippen LogP contribution in [-0.2, 0) is 14.8 Å². The van der Waals surface area contributed by atoms with Gasteiger partial charge in [-0.05, 0) is 56.4 Å². The summed E-state index contributed by atoms with van der Waals surface area (Å²) in [5.41, 5.74) is 0.392. The first-order chi connectivity index (χ1) is 11.7. The second kappa shape index (κ2) is 7.77. The monoisotopic (exact) mass is 381 g/mol. The highest BCUT2D eigenvalue weighted by Crippen LogP contribution is 2.15. The maximum Gasteiger partial charge on any atom is 0.338 e. The first-order valence-electron chi connectivity index (χ1n) is 7.29. The van der Waals surface area contributed by atoms with E-state index in [2.05, 4.69) is 4.72 Å². The van der Waals surface area contributed by atoms with E-state index in [4.69, 9.17) is 16.3 Å². The highest BCUT2D eigenvalue weighted by atomic mass is 35.5. The fourth-order valence-electron chi connectivity index (χ4n) is 2.04. The molecule has 0 spiro atoms. The number of sulfonamides is 1. The second-order valence-electron chi connectivity index (χ2n) is 5.15. The third kappa shape index (κ3) is 4.66. The number of esters is 1. The predicted molar refractivity (Wildman–Crippen MR) is 93.3 cm³/mol. The van der Waals surface area contributed by atoms with Crippen LogP contribution >= 0.6 is 11.6 Å². The molecule has 132 valence electrons. The summed E-state index contributed by atoms with van der Waals surface area (Å²) in [6.45, 7) is 1.45. The van der Waals surface area contributed by atoms with Crippen molar-refractivity contribution in [3.8, 4) is 0 Å². The minimum atomic E-state index is -3.68. The number of benzene rings is 2. The van der Waals surface area contributed by atoms with Crippen molar-refractivity contribution >= 4 is 33.4 Å². The molecule has 0 saturated heterocycles. The van der Waals surface area contributed by atoms with Gasteiger partial charge < -0.3 is 4.74 Å². The molecule has 1 atom stereocenters. The van der Waals surface area contributed by atoms with Gasteiger partial charge in [0.2, 0.25) is 15.8 Å². The topological polar surface area (TPSA) is 89.5 Å². The van der Waals surface area contributed by atoms with Crippen molar-refractivity contribution in [2.24, 2.45) is 0 Å². The van der Waals surface area contributed by atoms with Crippen LogP contribution in [0.5, 0.6) is 0 Å². The fraction of sp³-hybridized carbons (Fsp3) is 0.176. The Morgan fingerprint density at radius 2 is 1.72 bits per heavy atom. The molecule has 0 fully saturated rings. The highest BCUT2D eigenvalue weighted by molar-refractivity contribution is 7.89. The molecule has 2 rings (SSSR count). The average Bonchev–Trinajstić information content (AvgIpc) is 2.61. The van der Waals surface area contributed by atoms with Gasteiger partial charge in [0.1, 0.15) is 0 Å². The van der Waals surface area contributed by atoms with E-state index in [1.54, 1.807) is 12.1 Å². The molecular formula is C17H16ClNO5S. The summed E-state index contributed by atoms with van der Waals surface area (Å²) in [4.78, 5) is 24.4. The van der Waals surface area contributed by atoms with Crippen LogP contribution in [0.4, 0.5) is 0 Å². The van der Waals surface area contributed by atoms with Crippen molar-refractivity contribution in [1.82, 2.24) is 4.72 Å². The number of hydrogen-bond acceptors (Lipinski definition) is 5. The van der Waals surface area contributed by atoms with Gasteiger partial charge in [0, 0.05) is 10.6 Å². The Kier molecular flexibility index (Phi) is 5.94. The summed E-state index contributed by atoms with van der Waals surface area (Å²) in [7, 11) is -2.41. The standard InChI is InChI=1S/C17H16ClNO5S/c1-11(16(20)12-6-8-14(18)9-7-12)24-17(21)13-4-3-5-15(10-13)25(22,23)19-2/h3-11,19H,1-2H3/t11-/m1/s1. The van der Waals surface area contributed by atoms with Gasteiger partial charge >= 0.3 is 5.97 Å². The van der Waals surface area contributed by atoms with Crippen molar-refractivity contribution in [2.75, 3.05) is 7.05 Å². The van der Waals surface area contributed by atoms with Crippen LogP contribution in [0.3, 0.4) is 0 Å². The lowest BCUT2D eigenvalue weighted by molar-refractivity contribution is 0.0318. The summed E-state index contributed by atoms with van der Waals surface area (Å²) in [6.07, 6.45) is -1.03. The average molecular weight is 382 g/mol. The van der Waals surface area contributed by atoms with E-state index in [1.807, 2.05) is 0 Å². The summed E-state index contributed by atoms with van der Waals surface area (Å²) in [6, 6.07) is 11.6. The van der Waals surface area contributed by atoms with Crippen LogP contribution < -0.4 is 4.72 Å². The summed E-state index contributed by atoms with van der Waals surface area (Å²) in [5, 5.41) is 0.490. The van der Waals surface area contributed by atoms with Crippen LogP contribution in [0.25, 0.3) is 0 Å². The molecule has 2 aromatic carbocycles. The van der Waals surface area contributed by atoms with E-state index >= 15 is 0 Å². The SMILES string of the molecule is CNS(=O)(=O)c1cccc(C(=O)O[C@H](C)C(=O)c2ccc(Cl)cc2)c1. The Hall–Kier alpha value is -2.22. The van der Waals surface area contributed by atoms with E-state index in [0.717, 1.165) is 0 Å². The Labute approximate surface area is 150 Å². The Morgan fingerprint density at radius 1 is 1.08 bits per heavy atom. The molecule has 0 heterocycles. The van der Waals surface area contributed by atoms with Gasteiger partial charge in [0.25, 0.3) is 0 Å². The fourth-order valence-corrected chi connectivity index (χ4v) is 2.94. The Bertz CT molecular complexity index is 894. The molecule has 0 amide bonds.